The molecule has 0 spiro atoms. The number of rotatable bonds is 9. The summed E-state index contributed by atoms with van der Waals surface area (Å²) in [6, 6.07) is 10.9. The molecule has 2 bridgehead atoms. The van der Waals surface area contributed by atoms with E-state index >= 15 is 4.39 Å². The van der Waals surface area contributed by atoms with Gasteiger partial charge in [0.05, 0.1) is 6.26 Å². The molecule has 0 aromatic heterocycles. The number of phenols is 1. The number of phenolic OH excluding ortho intramolecular Hbond substituents is 1. The molecular weight excluding hydrogens is 533 g/mol. The molecule has 5 unspecified atom stereocenters. The van der Waals surface area contributed by atoms with E-state index in [1.165, 1.54) is 29.6 Å². The largest absolute Gasteiger partial charge is 0.508 e. The van der Waals surface area contributed by atoms with Crippen LogP contribution in [0, 0.1) is 24.6 Å². The van der Waals surface area contributed by atoms with Crippen LogP contribution in [0.3, 0.4) is 0 Å². The minimum atomic E-state index is -3.46. The Labute approximate surface area is 235 Å². The Balaban J connectivity index is 1.72. The summed E-state index contributed by atoms with van der Waals surface area (Å²) in [5.74, 6) is -1.11. The second-order valence-corrected chi connectivity index (χ2v) is 14.0. The summed E-state index contributed by atoms with van der Waals surface area (Å²) in [4.78, 5) is 29.2. The van der Waals surface area contributed by atoms with Gasteiger partial charge in [-0.3, -0.25) is 9.59 Å². The third kappa shape index (κ3) is 4.63. The number of aromatic hydroxyl groups is 1. The highest BCUT2D eigenvalue weighted by molar-refractivity contribution is 7.88. The number of likely N-dealkylation sites (tertiary alicyclic amines) is 1. The SMILES string of the molecule is Cc1c(F)cccc1C12CC(CCN(C)S(C)(=O)=O)(CC1C(=O)c1cccc(O)c1)N(C=O)C2C1CCCNC1. The van der Waals surface area contributed by atoms with Gasteiger partial charge in [-0.2, -0.15) is 0 Å². The van der Waals surface area contributed by atoms with Crippen molar-refractivity contribution in [3.63, 3.8) is 0 Å². The second-order valence-electron chi connectivity index (χ2n) is 11.9. The first-order chi connectivity index (χ1) is 18.9. The molecule has 0 radical (unpaired) electrons. The number of piperidine rings is 2. The molecule has 8 nitrogen and oxygen atoms in total. The van der Waals surface area contributed by atoms with Crippen LogP contribution in [0.4, 0.5) is 4.39 Å². The molecule has 5 rings (SSSR count). The Hall–Kier alpha value is -2.82. The Morgan fingerprint density at radius 1 is 1.27 bits per heavy atom. The molecule has 2 saturated heterocycles. The fourth-order valence-electron chi connectivity index (χ4n) is 7.92. The molecular formula is C30H38FN3O5S. The molecule has 40 heavy (non-hydrogen) atoms. The second kappa shape index (κ2) is 10.5. The van der Waals surface area contributed by atoms with E-state index in [-0.39, 0.29) is 35.9 Å². The number of carbonyl (C=O) groups excluding carboxylic acids is 2. The number of Topliss-reactive ketones (excluding diaryl/α,β-unsaturated/α-hetero) is 1. The lowest BCUT2D eigenvalue weighted by molar-refractivity contribution is -0.129. The van der Waals surface area contributed by atoms with Crippen molar-refractivity contribution in [2.75, 3.05) is 32.9 Å². The molecule has 2 aromatic rings. The number of fused-ring (bicyclic) bond motifs is 2. The molecule has 5 atom stereocenters. The maximum absolute atomic E-state index is 15.2. The quantitative estimate of drug-likeness (QED) is 0.354. The summed E-state index contributed by atoms with van der Waals surface area (Å²) in [7, 11) is -1.94. The van der Waals surface area contributed by atoms with Gasteiger partial charge in [0.15, 0.2) is 5.78 Å². The number of carbonyl (C=O) groups is 2. The number of nitrogens with zero attached hydrogens (tertiary/aromatic N) is 2. The molecule has 2 aliphatic heterocycles. The number of halogens is 1. The first kappa shape index (κ1) is 28.7. The van der Waals surface area contributed by atoms with Crippen molar-refractivity contribution in [3.05, 3.63) is 65.0 Å². The minimum absolute atomic E-state index is 0.0166. The lowest BCUT2D eigenvalue weighted by Crippen LogP contribution is -2.61. The summed E-state index contributed by atoms with van der Waals surface area (Å²) < 4.78 is 41.0. The zero-order valence-electron chi connectivity index (χ0n) is 23.3. The first-order valence-corrected chi connectivity index (χ1v) is 15.7. The highest BCUT2D eigenvalue weighted by Gasteiger charge is 2.71. The van der Waals surface area contributed by atoms with E-state index in [4.69, 9.17) is 0 Å². The van der Waals surface area contributed by atoms with Crippen LogP contribution in [0.5, 0.6) is 5.75 Å². The van der Waals surface area contributed by atoms with Crippen molar-refractivity contribution in [2.24, 2.45) is 11.8 Å². The summed E-state index contributed by atoms with van der Waals surface area (Å²) in [5, 5.41) is 13.6. The number of ketones is 1. The number of nitrogens with one attached hydrogen (secondary N) is 1. The van der Waals surface area contributed by atoms with Gasteiger partial charge < -0.3 is 15.3 Å². The van der Waals surface area contributed by atoms with Gasteiger partial charge in [-0.15, -0.1) is 0 Å². The summed E-state index contributed by atoms with van der Waals surface area (Å²) in [6.45, 7) is 3.44. The minimum Gasteiger partial charge on any atom is -0.508 e. The van der Waals surface area contributed by atoms with Gasteiger partial charge in [0.1, 0.15) is 11.6 Å². The van der Waals surface area contributed by atoms with Gasteiger partial charge in [0.25, 0.3) is 0 Å². The fraction of sp³-hybridized carbons (Fsp3) is 0.533. The number of benzene rings is 2. The molecule has 10 heteroatoms. The van der Waals surface area contributed by atoms with Crippen LogP contribution in [-0.4, -0.2) is 79.4 Å². The van der Waals surface area contributed by atoms with Crippen molar-refractivity contribution < 1.29 is 27.5 Å². The van der Waals surface area contributed by atoms with Gasteiger partial charge in [0, 0.05) is 42.1 Å². The van der Waals surface area contributed by atoms with E-state index in [1.54, 1.807) is 25.1 Å². The van der Waals surface area contributed by atoms with Crippen LogP contribution in [-0.2, 0) is 20.2 Å². The molecule has 1 aliphatic carbocycles. The van der Waals surface area contributed by atoms with E-state index < -0.39 is 26.9 Å². The number of hydrogen-bond acceptors (Lipinski definition) is 6. The predicted octanol–water partition coefficient (Wildman–Crippen LogP) is 3.23. The van der Waals surface area contributed by atoms with E-state index in [2.05, 4.69) is 5.32 Å². The van der Waals surface area contributed by atoms with Crippen molar-refractivity contribution in [3.8, 4) is 5.75 Å². The average Bonchev–Trinajstić information content (AvgIpc) is 3.42. The topological polar surface area (TPSA) is 107 Å². The number of amides is 1. The van der Waals surface area contributed by atoms with Gasteiger partial charge >= 0.3 is 0 Å². The standard InChI is InChI=1S/C30H38FN3O5S/c1-20-24(10-5-11-26(20)31)30-18-29(12-14-33(2)40(3,38)39,34(19-35)28(30)22-8-6-13-32-17-22)16-25(30)27(37)21-7-4-9-23(36)15-21/h4-5,7,9-11,15,19,22,25,28,32,36H,6,8,12-14,16-18H2,1-3H3. The lowest BCUT2D eigenvalue weighted by Gasteiger charge is -2.52. The molecule has 3 fully saturated rings. The summed E-state index contributed by atoms with van der Waals surface area (Å²) >= 11 is 0. The van der Waals surface area contributed by atoms with E-state index in [0.29, 0.717) is 36.9 Å². The highest BCUT2D eigenvalue weighted by atomic mass is 32.2. The number of sulfonamides is 1. The number of hydrogen-bond donors (Lipinski definition) is 2. The smallest absolute Gasteiger partial charge is 0.210 e. The van der Waals surface area contributed by atoms with Gasteiger partial charge in [-0.25, -0.2) is 17.1 Å². The van der Waals surface area contributed by atoms with Crippen LogP contribution in [0.2, 0.25) is 0 Å². The van der Waals surface area contributed by atoms with Gasteiger partial charge in [-0.05, 0) is 87.4 Å². The Morgan fingerprint density at radius 3 is 2.67 bits per heavy atom. The van der Waals surface area contributed by atoms with Crippen molar-refractivity contribution >= 4 is 22.2 Å². The van der Waals surface area contributed by atoms with Crippen molar-refractivity contribution in [2.45, 2.75) is 56.0 Å². The van der Waals surface area contributed by atoms with Crippen LogP contribution < -0.4 is 5.32 Å². The molecule has 2 heterocycles. The molecule has 1 saturated carbocycles. The summed E-state index contributed by atoms with van der Waals surface area (Å²) in [5.41, 5.74) is -0.125. The Kier molecular flexibility index (Phi) is 7.56. The third-order valence-corrected chi connectivity index (χ3v) is 11.1. The fourth-order valence-corrected chi connectivity index (χ4v) is 8.34. The monoisotopic (exact) mass is 571 g/mol. The predicted molar refractivity (Wildman–Crippen MR) is 150 cm³/mol. The average molecular weight is 572 g/mol. The first-order valence-electron chi connectivity index (χ1n) is 13.9. The lowest BCUT2D eigenvalue weighted by atomic mass is 9.60. The highest BCUT2D eigenvalue weighted by Crippen LogP contribution is 2.65. The van der Waals surface area contributed by atoms with E-state index in [1.807, 2.05) is 11.0 Å². The van der Waals surface area contributed by atoms with Crippen molar-refractivity contribution in [1.29, 1.82) is 0 Å². The van der Waals surface area contributed by atoms with Crippen LogP contribution >= 0.6 is 0 Å². The van der Waals surface area contributed by atoms with E-state index in [0.717, 1.165) is 37.6 Å². The molecule has 2 aromatic carbocycles. The Morgan fingerprint density at radius 2 is 2.02 bits per heavy atom. The molecule has 216 valence electrons. The normalized spacial score (nSPS) is 30.1. The molecule has 1 amide bonds. The van der Waals surface area contributed by atoms with Gasteiger partial charge in [-0.1, -0.05) is 24.3 Å². The molecule has 3 aliphatic rings. The van der Waals surface area contributed by atoms with Crippen molar-refractivity contribution in [1.82, 2.24) is 14.5 Å². The Bertz CT molecular complexity index is 1410. The molecule has 2 N–H and O–H groups in total. The zero-order chi connectivity index (χ0) is 28.9. The maximum Gasteiger partial charge on any atom is 0.210 e. The summed E-state index contributed by atoms with van der Waals surface area (Å²) in [6.07, 6.45) is 4.89. The van der Waals surface area contributed by atoms with Gasteiger partial charge in [0.2, 0.25) is 16.4 Å². The van der Waals surface area contributed by atoms with Crippen LogP contribution in [0.15, 0.2) is 42.5 Å². The third-order valence-electron chi connectivity index (χ3n) is 9.77. The zero-order valence-corrected chi connectivity index (χ0v) is 24.1. The maximum atomic E-state index is 15.2. The van der Waals surface area contributed by atoms with Crippen LogP contribution in [0.1, 0.15) is 53.6 Å². The van der Waals surface area contributed by atoms with Crippen LogP contribution in [0.25, 0.3) is 0 Å². The van der Waals surface area contributed by atoms with E-state index in [9.17, 15) is 23.1 Å².